The number of amides is 1. The van der Waals surface area contributed by atoms with Crippen molar-refractivity contribution in [1.82, 2.24) is 5.32 Å². The Morgan fingerprint density at radius 1 is 1.24 bits per heavy atom. The number of aliphatic carboxylic acids is 1. The van der Waals surface area contributed by atoms with Crippen molar-refractivity contribution < 1.29 is 33.8 Å². The molecule has 1 aromatic rings. The predicted octanol–water partition coefficient (Wildman–Crippen LogP) is 1.38. The second kappa shape index (κ2) is 9.41. The van der Waals surface area contributed by atoms with Crippen LogP contribution >= 0.6 is 0 Å². The van der Waals surface area contributed by atoms with Gasteiger partial charge in [-0.1, -0.05) is 13.0 Å². The average molecular weight is 351 g/mol. The Morgan fingerprint density at radius 2 is 1.92 bits per heavy atom. The molecule has 1 amide bonds. The minimum atomic E-state index is -1.26. The van der Waals surface area contributed by atoms with Gasteiger partial charge in [-0.2, -0.15) is 0 Å². The van der Waals surface area contributed by atoms with Crippen LogP contribution in [0.4, 0.5) is 0 Å². The van der Waals surface area contributed by atoms with Crippen LogP contribution in [0.5, 0.6) is 5.75 Å². The Balaban J connectivity index is 2.81. The van der Waals surface area contributed by atoms with Gasteiger partial charge in [-0.25, -0.2) is 4.79 Å². The number of rotatable bonds is 8. The van der Waals surface area contributed by atoms with Crippen molar-refractivity contribution in [2.24, 2.45) is 5.92 Å². The Labute approximate surface area is 145 Å². The van der Waals surface area contributed by atoms with Crippen LogP contribution in [0.25, 0.3) is 0 Å². The van der Waals surface area contributed by atoms with Gasteiger partial charge < -0.3 is 19.9 Å². The maximum Gasteiger partial charge on any atom is 0.326 e. The van der Waals surface area contributed by atoms with E-state index in [-0.39, 0.29) is 24.3 Å². The molecule has 0 saturated carbocycles. The minimum Gasteiger partial charge on any atom is -0.480 e. The maximum atomic E-state index is 12.2. The van der Waals surface area contributed by atoms with Crippen molar-refractivity contribution in [2.75, 3.05) is 6.61 Å². The fourth-order valence-electron chi connectivity index (χ4n) is 2.06. The highest BCUT2D eigenvalue weighted by molar-refractivity contribution is 5.97. The van der Waals surface area contributed by atoms with Gasteiger partial charge in [0.25, 0.3) is 5.91 Å². The first-order valence-corrected chi connectivity index (χ1v) is 7.73. The number of hydrogen-bond acceptors (Lipinski definition) is 6. The maximum absolute atomic E-state index is 12.2. The predicted molar refractivity (Wildman–Crippen MR) is 87.1 cm³/mol. The van der Waals surface area contributed by atoms with Gasteiger partial charge in [-0.15, -0.1) is 0 Å². The van der Waals surface area contributed by atoms with Gasteiger partial charge in [0.2, 0.25) is 0 Å². The quantitative estimate of drug-likeness (QED) is 0.536. The molecule has 0 radical (unpaired) electrons. The SMILES string of the molecule is CCOC(=O)[C@@H](C)C[C@@H](NC(=O)c1cccc(OC(C)=O)c1)C(=O)O. The summed E-state index contributed by atoms with van der Waals surface area (Å²) in [4.78, 5) is 46.2. The number of hydrogen-bond donors (Lipinski definition) is 2. The lowest BCUT2D eigenvalue weighted by molar-refractivity contribution is -0.148. The van der Waals surface area contributed by atoms with Crippen LogP contribution in [0.3, 0.4) is 0 Å². The zero-order chi connectivity index (χ0) is 19.0. The van der Waals surface area contributed by atoms with Gasteiger partial charge in [0.15, 0.2) is 0 Å². The Kier molecular flexibility index (Phi) is 7.58. The largest absolute Gasteiger partial charge is 0.480 e. The highest BCUT2D eigenvalue weighted by Gasteiger charge is 2.27. The summed E-state index contributed by atoms with van der Waals surface area (Å²) in [7, 11) is 0. The molecule has 2 atom stereocenters. The van der Waals surface area contributed by atoms with Gasteiger partial charge in [0.05, 0.1) is 12.5 Å². The van der Waals surface area contributed by atoms with Gasteiger partial charge in [-0.3, -0.25) is 14.4 Å². The number of carbonyl (C=O) groups excluding carboxylic acids is 3. The third-order valence-electron chi connectivity index (χ3n) is 3.24. The smallest absolute Gasteiger partial charge is 0.326 e. The lowest BCUT2D eigenvalue weighted by atomic mass is 10.0. The molecule has 1 rings (SSSR count). The van der Waals surface area contributed by atoms with Gasteiger partial charge in [-0.05, 0) is 31.5 Å². The summed E-state index contributed by atoms with van der Waals surface area (Å²) in [5, 5.41) is 11.6. The van der Waals surface area contributed by atoms with Gasteiger partial charge >= 0.3 is 17.9 Å². The third-order valence-corrected chi connectivity index (χ3v) is 3.24. The lowest BCUT2D eigenvalue weighted by Gasteiger charge is -2.18. The standard InChI is InChI=1S/C17H21NO7/c1-4-24-17(23)10(2)8-14(16(21)22)18-15(20)12-6-5-7-13(9-12)25-11(3)19/h5-7,9-10,14H,4,8H2,1-3H3,(H,18,20)(H,21,22)/t10-,14+/m0/s1. The van der Waals surface area contributed by atoms with Gasteiger partial charge in [0.1, 0.15) is 11.8 Å². The van der Waals surface area contributed by atoms with E-state index in [9.17, 15) is 24.3 Å². The molecule has 25 heavy (non-hydrogen) atoms. The monoisotopic (exact) mass is 351 g/mol. The molecule has 0 saturated heterocycles. The Morgan fingerprint density at radius 3 is 2.48 bits per heavy atom. The third kappa shape index (κ3) is 6.62. The molecule has 136 valence electrons. The summed E-state index contributed by atoms with van der Waals surface area (Å²) in [5.74, 6) is -3.50. The van der Waals surface area contributed by atoms with Crippen molar-refractivity contribution in [3.8, 4) is 5.75 Å². The number of benzene rings is 1. The van der Waals surface area contributed by atoms with E-state index in [4.69, 9.17) is 9.47 Å². The van der Waals surface area contributed by atoms with Crippen LogP contribution in [-0.4, -0.2) is 41.6 Å². The molecule has 0 bridgehead atoms. The van der Waals surface area contributed by atoms with E-state index in [1.165, 1.54) is 38.1 Å². The van der Waals surface area contributed by atoms with Crippen LogP contribution in [0.15, 0.2) is 24.3 Å². The van der Waals surface area contributed by atoms with Crippen LogP contribution in [0.2, 0.25) is 0 Å². The van der Waals surface area contributed by atoms with Crippen LogP contribution in [0.1, 0.15) is 37.6 Å². The fraction of sp³-hybridized carbons (Fsp3) is 0.412. The van der Waals surface area contributed by atoms with Crippen molar-refractivity contribution in [3.05, 3.63) is 29.8 Å². The number of nitrogens with one attached hydrogen (secondary N) is 1. The molecule has 1 aromatic carbocycles. The molecular weight excluding hydrogens is 330 g/mol. The first-order valence-electron chi connectivity index (χ1n) is 7.73. The van der Waals surface area contributed by atoms with E-state index in [2.05, 4.69) is 5.32 Å². The highest BCUT2D eigenvalue weighted by atomic mass is 16.5. The first kappa shape index (κ1) is 20.1. The molecule has 0 aliphatic carbocycles. The fourth-order valence-corrected chi connectivity index (χ4v) is 2.06. The van der Waals surface area contributed by atoms with Crippen molar-refractivity contribution in [2.45, 2.75) is 33.2 Å². The highest BCUT2D eigenvalue weighted by Crippen LogP contribution is 2.15. The molecule has 0 fully saturated rings. The lowest BCUT2D eigenvalue weighted by Crippen LogP contribution is -2.42. The zero-order valence-electron chi connectivity index (χ0n) is 14.3. The first-order chi connectivity index (χ1) is 11.7. The molecule has 0 spiro atoms. The number of carbonyl (C=O) groups is 4. The molecule has 8 nitrogen and oxygen atoms in total. The molecule has 8 heteroatoms. The molecule has 0 aliphatic rings. The normalized spacial score (nSPS) is 12.6. The summed E-state index contributed by atoms with van der Waals surface area (Å²) in [6.07, 6.45) is -0.108. The second-order valence-electron chi connectivity index (χ2n) is 5.37. The van der Waals surface area contributed by atoms with E-state index < -0.39 is 35.8 Å². The van der Waals surface area contributed by atoms with E-state index in [0.717, 1.165) is 0 Å². The van der Waals surface area contributed by atoms with Crippen LogP contribution in [-0.2, 0) is 19.1 Å². The summed E-state index contributed by atoms with van der Waals surface area (Å²) < 4.78 is 9.72. The van der Waals surface area contributed by atoms with Crippen molar-refractivity contribution in [1.29, 1.82) is 0 Å². The number of carboxylic acid groups (broad SMARTS) is 1. The summed E-state index contributed by atoms with van der Waals surface area (Å²) >= 11 is 0. The van der Waals surface area contributed by atoms with Crippen molar-refractivity contribution >= 4 is 23.8 Å². The molecular formula is C17H21NO7. The molecule has 2 N–H and O–H groups in total. The van der Waals surface area contributed by atoms with E-state index >= 15 is 0 Å². The average Bonchev–Trinajstić information content (AvgIpc) is 2.53. The van der Waals surface area contributed by atoms with E-state index in [1.807, 2.05) is 0 Å². The molecule has 0 heterocycles. The Bertz CT molecular complexity index is 656. The van der Waals surface area contributed by atoms with E-state index in [0.29, 0.717) is 0 Å². The Hall–Kier alpha value is -2.90. The van der Waals surface area contributed by atoms with E-state index in [1.54, 1.807) is 6.92 Å². The zero-order valence-corrected chi connectivity index (χ0v) is 14.3. The second-order valence-corrected chi connectivity index (χ2v) is 5.37. The summed E-state index contributed by atoms with van der Waals surface area (Å²) in [5.41, 5.74) is 0.133. The van der Waals surface area contributed by atoms with Crippen molar-refractivity contribution in [3.63, 3.8) is 0 Å². The summed E-state index contributed by atoms with van der Waals surface area (Å²) in [6, 6.07) is 4.52. The minimum absolute atomic E-state index is 0.108. The van der Waals surface area contributed by atoms with Gasteiger partial charge in [0, 0.05) is 12.5 Å². The number of ether oxygens (including phenoxy) is 2. The molecule has 0 aromatic heterocycles. The van der Waals surface area contributed by atoms with Crippen LogP contribution < -0.4 is 10.1 Å². The molecule has 0 unspecified atom stereocenters. The summed E-state index contributed by atoms with van der Waals surface area (Å²) in [6.45, 7) is 4.60. The van der Waals surface area contributed by atoms with Crippen LogP contribution in [0, 0.1) is 5.92 Å². The molecule has 0 aliphatic heterocycles. The topological polar surface area (TPSA) is 119 Å². The number of carboxylic acids is 1. The number of esters is 2.